The first-order valence-electron chi connectivity index (χ1n) is 10.2. The molecule has 1 heterocycles. The number of esters is 1. The van der Waals surface area contributed by atoms with Crippen LogP contribution < -0.4 is 5.32 Å². The van der Waals surface area contributed by atoms with Crippen LogP contribution in [0.1, 0.15) is 41.7 Å². The van der Waals surface area contributed by atoms with E-state index >= 15 is 0 Å². The number of benzene rings is 2. The summed E-state index contributed by atoms with van der Waals surface area (Å²) in [6.45, 7) is 3.61. The van der Waals surface area contributed by atoms with Crippen LogP contribution in [0.5, 0.6) is 0 Å². The van der Waals surface area contributed by atoms with Gasteiger partial charge in [-0.05, 0) is 57.1 Å². The van der Waals surface area contributed by atoms with Gasteiger partial charge in [0.15, 0.2) is 0 Å². The second kappa shape index (κ2) is 11.0. The maximum Gasteiger partial charge on any atom is 0.318 e. The minimum Gasteiger partial charge on any atom is -0.468 e. The molecule has 0 radical (unpaired) electrons. The number of hydrogen-bond donors (Lipinski definition) is 1. The van der Waals surface area contributed by atoms with Crippen molar-refractivity contribution in [3.63, 3.8) is 0 Å². The number of carbonyl (C=O) groups is 2. The lowest BCUT2D eigenvalue weighted by Gasteiger charge is -2.29. The van der Waals surface area contributed by atoms with Crippen molar-refractivity contribution in [3.8, 4) is 0 Å². The van der Waals surface area contributed by atoms with Gasteiger partial charge < -0.3 is 10.1 Å². The molecular weight excluding hydrogens is 439 g/mol. The summed E-state index contributed by atoms with van der Waals surface area (Å²) in [5.41, 5.74) is 0.872. The monoisotopic (exact) mass is 464 g/mol. The Bertz CT molecular complexity index is 917. The molecule has 0 saturated carbocycles. The molecular formula is C23H26ClFN2O3S. The third-order valence-electron chi connectivity index (χ3n) is 5.34. The van der Waals surface area contributed by atoms with Crippen molar-refractivity contribution in [2.24, 2.45) is 0 Å². The molecule has 5 nitrogen and oxygen atoms in total. The molecule has 166 valence electrons. The zero-order chi connectivity index (χ0) is 22.4. The first-order valence-corrected chi connectivity index (χ1v) is 11.5. The van der Waals surface area contributed by atoms with Crippen LogP contribution in [0.2, 0.25) is 5.02 Å². The van der Waals surface area contributed by atoms with E-state index in [4.69, 9.17) is 16.3 Å². The zero-order valence-corrected chi connectivity index (χ0v) is 19.1. The van der Waals surface area contributed by atoms with Gasteiger partial charge in [0, 0.05) is 22.0 Å². The maximum atomic E-state index is 14.6. The molecule has 1 amide bonds. The van der Waals surface area contributed by atoms with E-state index in [2.05, 4.69) is 10.2 Å². The van der Waals surface area contributed by atoms with Gasteiger partial charge in [0.05, 0.1) is 18.7 Å². The van der Waals surface area contributed by atoms with Gasteiger partial charge in [0.25, 0.3) is 5.91 Å². The van der Waals surface area contributed by atoms with Crippen molar-refractivity contribution in [2.75, 3.05) is 26.7 Å². The molecule has 2 unspecified atom stereocenters. The second-order valence-electron chi connectivity index (χ2n) is 7.38. The topological polar surface area (TPSA) is 58.6 Å². The molecule has 8 heteroatoms. The molecule has 0 bridgehead atoms. The molecule has 1 fully saturated rings. The van der Waals surface area contributed by atoms with Crippen LogP contribution in [-0.4, -0.2) is 48.8 Å². The quantitative estimate of drug-likeness (QED) is 0.453. The van der Waals surface area contributed by atoms with Gasteiger partial charge in [0.2, 0.25) is 0 Å². The summed E-state index contributed by atoms with van der Waals surface area (Å²) >= 11 is 7.60. The van der Waals surface area contributed by atoms with Crippen molar-refractivity contribution in [1.82, 2.24) is 10.2 Å². The first kappa shape index (κ1) is 23.6. The molecule has 2 aromatic rings. The highest BCUT2D eigenvalue weighted by atomic mass is 35.5. The van der Waals surface area contributed by atoms with Crippen LogP contribution in [0.25, 0.3) is 0 Å². The first-order chi connectivity index (χ1) is 14.9. The smallest absolute Gasteiger partial charge is 0.318 e. The Hall–Kier alpha value is -2.09. The molecule has 0 aromatic heterocycles. The van der Waals surface area contributed by atoms with Crippen molar-refractivity contribution >= 4 is 35.2 Å². The number of rotatable bonds is 8. The summed E-state index contributed by atoms with van der Waals surface area (Å²) in [7, 11) is 1.34. The number of amides is 1. The molecule has 1 N–H and O–H groups in total. The van der Waals surface area contributed by atoms with Gasteiger partial charge >= 0.3 is 5.97 Å². The van der Waals surface area contributed by atoms with Crippen LogP contribution in [-0.2, 0) is 9.53 Å². The fourth-order valence-corrected chi connectivity index (χ4v) is 5.05. The van der Waals surface area contributed by atoms with Crippen molar-refractivity contribution in [2.45, 2.75) is 36.0 Å². The summed E-state index contributed by atoms with van der Waals surface area (Å²) in [4.78, 5) is 27.6. The van der Waals surface area contributed by atoms with Crippen LogP contribution >= 0.6 is 23.4 Å². The van der Waals surface area contributed by atoms with Crippen molar-refractivity contribution in [3.05, 3.63) is 64.4 Å². The third-order valence-corrected chi connectivity index (χ3v) is 6.82. The van der Waals surface area contributed by atoms with Crippen LogP contribution in [0.15, 0.2) is 47.4 Å². The lowest BCUT2D eigenvalue weighted by atomic mass is 10.0. The number of ether oxygens (including phenoxy) is 1. The van der Waals surface area contributed by atoms with E-state index in [1.807, 2.05) is 6.07 Å². The number of carbonyl (C=O) groups excluding carboxylic acids is 2. The van der Waals surface area contributed by atoms with E-state index in [1.165, 1.54) is 24.9 Å². The van der Waals surface area contributed by atoms with E-state index in [0.29, 0.717) is 21.0 Å². The van der Waals surface area contributed by atoms with Gasteiger partial charge in [-0.15, -0.1) is 11.8 Å². The normalized spacial score (nSPS) is 16.0. The Morgan fingerprint density at radius 2 is 1.90 bits per heavy atom. The van der Waals surface area contributed by atoms with Gasteiger partial charge in [-0.2, -0.15) is 0 Å². The molecule has 1 saturated heterocycles. The number of hydrogen-bond acceptors (Lipinski definition) is 5. The molecule has 3 rings (SSSR count). The van der Waals surface area contributed by atoms with Gasteiger partial charge in [-0.25, -0.2) is 4.39 Å². The number of nitrogens with zero attached hydrogens (tertiary/aromatic N) is 1. The van der Waals surface area contributed by atoms with Crippen molar-refractivity contribution in [1.29, 1.82) is 0 Å². The van der Waals surface area contributed by atoms with E-state index in [0.717, 1.165) is 25.9 Å². The summed E-state index contributed by atoms with van der Waals surface area (Å²) in [5, 5.41) is 2.86. The Morgan fingerprint density at radius 3 is 2.58 bits per heavy atom. The summed E-state index contributed by atoms with van der Waals surface area (Å²) in [6.07, 6.45) is 2.06. The van der Waals surface area contributed by atoms with Crippen LogP contribution in [0.4, 0.5) is 4.39 Å². The van der Waals surface area contributed by atoms with Gasteiger partial charge in [0.1, 0.15) is 11.1 Å². The molecule has 0 aliphatic carbocycles. The predicted molar refractivity (Wildman–Crippen MR) is 121 cm³/mol. The Balaban J connectivity index is 1.78. The van der Waals surface area contributed by atoms with E-state index in [9.17, 15) is 14.0 Å². The van der Waals surface area contributed by atoms with E-state index < -0.39 is 5.25 Å². The Kier molecular flexibility index (Phi) is 8.35. The fraction of sp³-hybridized carbons (Fsp3) is 0.391. The third kappa shape index (κ3) is 5.79. The Labute approximate surface area is 191 Å². The average Bonchev–Trinajstić information content (AvgIpc) is 3.29. The van der Waals surface area contributed by atoms with Crippen molar-refractivity contribution < 1.29 is 18.7 Å². The minimum atomic E-state index is -0.450. The molecule has 1 aliphatic rings. The second-order valence-corrected chi connectivity index (χ2v) is 9.17. The zero-order valence-electron chi connectivity index (χ0n) is 17.6. The fourth-order valence-electron chi connectivity index (χ4n) is 3.74. The maximum absolute atomic E-state index is 14.6. The highest BCUT2D eigenvalue weighted by Crippen LogP contribution is 2.32. The molecule has 31 heavy (non-hydrogen) atoms. The molecule has 1 aliphatic heterocycles. The molecule has 0 spiro atoms. The number of likely N-dealkylation sites (tertiary alicyclic amines) is 1. The standard InChI is InChI=1S/C23H26ClFN2O3S/c1-15(23(29)30-2)31-20-11-4-3-8-16(20)22(28)26-14-19(27-12-5-6-13-27)21-17(24)9-7-10-18(21)25/h3-4,7-11,15,19H,5-6,12-14H2,1-2H3,(H,26,28). The number of methoxy groups -OCH3 is 1. The lowest BCUT2D eigenvalue weighted by molar-refractivity contribution is -0.139. The minimum absolute atomic E-state index is 0.227. The highest BCUT2D eigenvalue weighted by Gasteiger charge is 2.28. The predicted octanol–water partition coefficient (Wildman–Crippen LogP) is 4.70. The summed E-state index contributed by atoms with van der Waals surface area (Å²) in [6, 6.07) is 11.4. The summed E-state index contributed by atoms with van der Waals surface area (Å²) < 4.78 is 19.4. The van der Waals surface area contributed by atoms with E-state index in [1.54, 1.807) is 37.3 Å². The lowest BCUT2D eigenvalue weighted by Crippen LogP contribution is -2.37. The molecule has 2 aromatic carbocycles. The average molecular weight is 465 g/mol. The SMILES string of the molecule is COC(=O)C(C)Sc1ccccc1C(=O)NCC(c1c(F)cccc1Cl)N1CCCC1. The summed E-state index contributed by atoms with van der Waals surface area (Å²) in [5.74, 6) is -1.01. The number of thioether (sulfide) groups is 1. The highest BCUT2D eigenvalue weighted by molar-refractivity contribution is 8.00. The van der Waals surface area contributed by atoms with Gasteiger partial charge in [-0.3, -0.25) is 14.5 Å². The van der Waals surface area contributed by atoms with Crippen LogP contribution in [0, 0.1) is 5.82 Å². The van der Waals surface area contributed by atoms with E-state index in [-0.39, 0.29) is 30.3 Å². The largest absolute Gasteiger partial charge is 0.468 e. The number of halogens is 2. The van der Waals surface area contributed by atoms with Crippen LogP contribution in [0.3, 0.4) is 0 Å². The molecule has 2 atom stereocenters. The Morgan fingerprint density at radius 1 is 1.19 bits per heavy atom. The number of nitrogens with one attached hydrogen (secondary N) is 1. The van der Waals surface area contributed by atoms with Gasteiger partial charge in [-0.1, -0.05) is 29.8 Å².